The van der Waals surface area contributed by atoms with Crippen LogP contribution in [0.15, 0.2) is 29.2 Å². The molecule has 0 aliphatic carbocycles. The van der Waals surface area contributed by atoms with E-state index in [2.05, 4.69) is 0 Å². The van der Waals surface area contributed by atoms with Crippen molar-refractivity contribution in [2.75, 3.05) is 0 Å². The Labute approximate surface area is 87.4 Å². The number of halogens is 1. The molecule has 0 heterocycles. The number of benzene rings is 1. The number of alkyl halides is 1. The Bertz CT molecular complexity index is 430. The first kappa shape index (κ1) is 11.9. The zero-order chi connectivity index (χ0) is 11.7. The van der Waals surface area contributed by atoms with E-state index >= 15 is 0 Å². The maximum Gasteiger partial charge on any atom is 0.294 e. The van der Waals surface area contributed by atoms with Crippen LogP contribution in [0.4, 0.5) is 4.39 Å². The molecule has 1 aromatic rings. The molecule has 1 rings (SSSR count). The molecule has 0 aliphatic heterocycles. The smallest absolute Gasteiger partial charge is 0.294 e. The Balaban J connectivity index is 2.92. The van der Waals surface area contributed by atoms with Crippen molar-refractivity contribution in [1.29, 1.82) is 0 Å². The first-order valence-corrected chi connectivity index (χ1v) is 5.58. The maximum absolute atomic E-state index is 13.0. The fraction of sp³-hybridized carbons (Fsp3) is 0.333. The third kappa shape index (κ3) is 3.85. The van der Waals surface area contributed by atoms with Crippen LogP contribution < -0.4 is 4.74 Å². The molecule has 0 aliphatic rings. The summed E-state index contributed by atoms with van der Waals surface area (Å²) in [7, 11) is -4.21. The number of rotatable bonds is 3. The van der Waals surface area contributed by atoms with Crippen molar-refractivity contribution in [2.24, 2.45) is 0 Å². The molecule has 0 aromatic heterocycles. The van der Waals surface area contributed by atoms with E-state index in [-0.39, 0.29) is 10.6 Å². The van der Waals surface area contributed by atoms with Crippen molar-refractivity contribution in [1.82, 2.24) is 0 Å². The maximum atomic E-state index is 13.0. The molecule has 15 heavy (non-hydrogen) atoms. The second kappa shape index (κ2) is 3.79. The Morgan fingerprint density at radius 2 is 1.73 bits per heavy atom. The monoisotopic (exact) mass is 234 g/mol. The zero-order valence-corrected chi connectivity index (χ0v) is 9.08. The zero-order valence-electron chi connectivity index (χ0n) is 8.27. The highest BCUT2D eigenvalue weighted by atomic mass is 32.2. The predicted octanol–water partition coefficient (Wildman–Crippen LogP) is 2.02. The van der Waals surface area contributed by atoms with Gasteiger partial charge in [-0.3, -0.25) is 4.55 Å². The van der Waals surface area contributed by atoms with Gasteiger partial charge in [-0.15, -0.1) is 0 Å². The van der Waals surface area contributed by atoms with E-state index in [1.165, 1.54) is 26.0 Å². The van der Waals surface area contributed by atoms with Crippen molar-refractivity contribution in [2.45, 2.75) is 24.6 Å². The van der Waals surface area contributed by atoms with Crippen molar-refractivity contribution in [3.8, 4) is 5.75 Å². The van der Waals surface area contributed by atoms with E-state index < -0.39 is 16.0 Å². The SMILES string of the molecule is CC(C)(F)Oc1ccc(S(=O)(=O)O)cc1. The summed E-state index contributed by atoms with van der Waals surface area (Å²) < 4.78 is 47.9. The van der Waals surface area contributed by atoms with Gasteiger partial charge >= 0.3 is 0 Å². The van der Waals surface area contributed by atoms with Gasteiger partial charge in [0, 0.05) is 13.8 Å². The highest BCUT2D eigenvalue weighted by Crippen LogP contribution is 2.21. The summed E-state index contributed by atoms with van der Waals surface area (Å²) in [4.78, 5) is -0.258. The minimum absolute atomic E-state index is 0.190. The lowest BCUT2D eigenvalue weighted by atomic mass is 10.3. The number of hydrogen-bond acceptors (Lipinski definition) is 3. The van der Waals surface area contributed by atoms with Crippen LogP contribution in [0.25, 0.3) is 0 Å². The molecule has 0 atom stereocenters. The van der Waals surface area contributed by atoms with Gasteiger partial charge in [-0.2, -0.15) is 12.8 Å². The first-order chi connectivity index (χ1) is 6.68. The molecular formula is C9H11FO4S. The van der Waals surface area contributed by atoms with Gasteiger partial charge in [-0.1, -0.05) is 0 Å². The fourth-order valence-corrected chi connectivity index (χ4v) is 1.44. The summed E-state index contributed by atoms with van der Waals surface area (Å²) in [5.41, 5.74) is 0. The summed E-state index contributed by atoms with van der Waals surface area (Å²) in [6.45, 7) is 2.45. The number of hydrogen-bond donors (Lipinski definition) is 1. The fourth-order valence-electron chi connectivity index (χ4n) is 0.960. The first-order valence-electron chi connectivity index (χ1n) is 4.14. The molecule has 0 fully saturated rings. The van der Waals surface area contributed by atoms with Crippen molar-refractivity contribution < 1.29 is 22.1 Å². The largest absolute Gasteiger partial charge is 0.459 e. The van der Waals surface area contributed by atoms with E-state index in [0.29, 0.717) is 0 Å². The summed E-state index contributed by atoms with van der Waals surface area (Å²) in [6.07, 6.45) is 0. The van der Waals surface area contributed by atoms with Gasteiger partial charge in [-0.25, -0.2) is 0 Å². The van der Waals surface area contributed by atoms with Gasteiger partial charge < -0.3 is 4.74 Å². The van der Waals surface area contributed by atoms with E-state index in [1.807, 2.05) is 0 Å². The average Bonchev–Trinajstić information content (AvgIpc) is 2.00. The van der Waals surface area contributed by atoms with Crippen LogP contribution in [0.3, 0.4) is 0 Å². The molecule has 84 valence electrons. The van der Waals surface area contributed by atoms with Crippen molar-refractivity contribution in [3.63, 3.8) is 0 Å². The Hall–Kier alpha value is -1.14. The highest BCUT2D eigenvalue weighted by Gasteiger charge is 2.17. The van der Waals surface area contributed by atoms with Gasteiger partial charge in [0.2, 0.25) is 5.85 Å². The molecule has 0 radical (unpaired) electrons. The third-order valence-corrected chi connectivity index (χ3v) is 2.35. The van der Waals surface area contributed by atoms with Crippen molar-refractivity contribution in [3.05, 3.63) is 24.3 Å². The topological polar surface area (TPSA) is 63.6 Å². The minimum Gasteiger partial charge on any atom is -0.459 e. The number of ether oxygens (including phenoxy) is 1. The molecule has 0 saturated carbocycles. The molecule has 0 bridgehead atoms. The van der Waals surface area contributed by atoms with Crippen molar-refractivity contribution >= 4 is 10.1 Å². The predicted molar refractivity (Wildman–Crippen MR) is 52.1 cm³/mol. The lowest BCUT2D eigenvalue weighted by Crippen LogP contribution is -2.20. The summed E-state index contributed by atoms with van der Waals surface area (Å²) in [5.74, 6) is -1.64. The van der Waals surface area contributed by atoms with Gasteiger partial charge in [0.15, 0.2) is 0 Å². The van der Waals surface area contributed by atoms with Crippen LogP contribution in [0.1, 0.15) is 13.8 Å². The Morgan fingerprint density at radius 3 is 2.07 bits per heavy atom. The van der Waals surface area contributed by atoms with Gasteiger partial charge in [0.05, 0.1) is 4.90 Å². The van der Waals surface area contributed by atoms with Gasteiger partial charge in [0.1, 0.15) is 5.75 Å². The second-order valence-electron chi connectivity index (χ2n) is 3.41. The van der Waals surface area contributed by atoms with E-state index in [0.717, 1.165) is 12.1 Å². The van der Waals surface area contributed by atoms with Crippen LogP contribution >= 0.6 is 0 Å². The summed E-state index contributed by atoms with van der Waals surface area (Å²) >= 11 is 0. The minimum atomic E-state index is -4.21. The molecule has 0 saturated heterocycles. The molecule has 1 N–H and O–H groups in total. The average molecular weight is 234 g/mol. The lowest BCUT2D eigenvalue weighted by molar-refractivity contribution is -0.0257. The normalized spacial score (nSPS) is 12.5. The van der Waals surface area contributed by atoms with Crippen LogP contribution in [-0.2, 0) is 10.1 Å². The van der Waals surface area contributed by atoms with Gasteiger partial charge in [-0.05, 0) is 24.3 Å². The lowest BCUT2D eigenvalue weighted by Gasteiger charge is -2.16. The molecule has 0 amide bonds. The summed E-state index contributed by atoms with van der Waals surface area (Å²) in [5, 5.41) is 0. The molecule has 6 heteroatoms. The third-order valence-electron chi connectivity index (χ3n) is 1.48. The molecule has 4 nitrogen and oxygen atoms in total. The van der Waals surface area contributed by atoms with Crippen LogP contribution in [0.2, 0.25) is 0 Å². The second-order valence-corrected chi connectivity index (χ2v) is 4.83. The van der Waals surface area contributed by atoms with Crippen LogP contribution in [-0.4, -0.2) is 18.8 Å². The Morgan fingerprint density at radius 1 is 1.27 bits per heavy atom. The van der Waals surface area contributed by atoms with Crippen LogP contribution in [0.5, 0.6) is 5.75 Å². The summed E-state index contributed by atoms with van der Waals surface area (Å²) in [6, 6.07) is 4.81. The molecule has 0 unspecified atom stereocenters. The standard InChI is InChI=1S/C9H11FO4S/c1-9(2,10)14-7-3-5-8(6-4-7)15(11,12)13/h3-6H,1-2H3,(H,11,12,13). The Kier molecular flexibility index (Phi) is 3.01. The van der Waals surface area contributed by atoms with Gasteiger partial charge in [0.25, 0.3) is 10.1 Å². The quantitative estimate of drug-likeness (QED) is 0.812. The molecule has 1 aromatic carbocycles. The highest BCUT2D eigenvalue weighted by molar-refractivity contribution is 7.85. The van der Waals surface area contributed by atoms with E-state index in [9.17, 15) is 12.8 Å². The van der Waals surface area contributed by atoms with E-state index in [1.54, 1.807) is 0 Å². The molecular weight excluding hydrogens is 223 g/mol. The van der Waals surface area contributed by atoms with Crippen LogP contribution in [0, 0.1) is 0 Å². The van der Waals surface area contributed by atoms with E-state index in [4.69, 9.17) is 9.29 Å². The molecule has 0 spiro atoms.